The molecule has 3 heteroatoms. The molecule has 0 bridgehead atoms. The van der Waals surface area contributed by atoms with Gasteiger partial charge in [0.1, 0.15) is 0 Å². The summed E-state index contributed by atoms with van der Waals surface area (Å²) in [6.07, 6.45) is 0.640. The smallest absolute Gasteiger partial charge is 0.193 e. The maximum absolute atomic E-state index is 13.6. The molecule has 138 valence electrons. The molecule has 0 spiro atoms. The van der Waals surface area contributed by atoms with E-state index in [-0.39, 0.29) is 5.43 Å². The molecule has 0 radical (unpaired) electrons. The lowest BCUT2D eigenvalue weighted by atomic mass is 9.95. The summed E-state index contributed by atoms with van der Waals surface area (Å²) in [6, 6.07) is 18.5. The molecule has 5 aromatic rings. The van der Waals surface area contributed by atoms with Crippen molar-refractivity contribution in [1.82, 2.24) is 9.97 Å². The van der Waals surface area contributed by atoms with Crippen molar-refractivity contribution in [3.63, 3.8) is 0 Å². The first kappa shape index (κ1) is 16.8. The van der Waals surface area contributed by atoms with Crippen molar-refractivity contribution in [1.29, 1.82) is 0 Å². The lowest BCUT2D eigenvalue weighted by Crippen LogP contribution is -2.15. The van der Waals surface area contributed by atoms with E-state index in [9.17, 15) is 4.79 Å². The normalized spacial score (nSPS) is 11.7. The van der Waals surface area contributed by atoms with Gasteiger partial charge in [-0.1, -0.05) is 48.5 Å². The number of hydrogen-bond donors (Lipinski definition) is 2. The van der Waals surface area contributed by atoms with Gasteiger partial charge in [-0.15, -0.1) is 0 Å². The predicted molar refractivity (Wildman–Crippen MR) is 117 cm³/mol. The summed E-state index contributed by atoms with van der Waals surface area (Å²) in [4.78, 5) is 20.7. The number of aryl methyl sites for hydroxylation is 3. The number of para-hydroxylation sites is 1. The van der Waals surface area contributed by atoms with E-state index in [1.807, 2.05) is 31.2 Å². The van der Waals surface area contributed by atoms with Crippen LogP contribution in [0.2, 0.25) is 0 Å². The van der Waals surface area contributed by atoms with Crippen LogP contribution >= 0.6 is 0 Å². The van der Waals surface area contributed by atoms with Gasteiger partial charge in [0.05, 0.1) is 16.4 Å². The van der Waals surface area contributed by atoms with E-state index in [0.717, 1.165) is 49.9 Å². The fraction of sp³-hybridized carbons (Fsp3) is 0.160. The minimum atomic E-state index is 0.135. The van der Waals surface area contributed by atoms with Crippen LogP contribution in [0.3, 0.4) is 0 Å². The topological polar surface area (TPSA) is 48.6 Å². The van der Waals surface area contributed by atoms with Gasteiger partial charge in [-0.05, 0) is 43.5 Å². The van der Waals surface area contributed by atoms with Crippen molar-refractivity contribution in [3.05, 3.63) is 92.8 Å². The molecule has 2 heterocycles. The van der Waals surface area contributed by atoms with Crippen LogP contribution in [0.1, 0.15) is 27.9 Å². The van der Waals surface area contributed by atoms with Gasteiger partial charge < -0.3 is 9.97 Å². The fourth-order valence-corrected chi connectivity index (χ4v) is 4.47. The summed E-state index contributed by atoms with van der Waals surface area (Å²) in [5.41, 5.74) is 8.34. The Morgan fingerprint density at radius 2 is 1.39 bits per heavy atom. The molecular formula is C25H22N2O. The second-order valence-electron chi connectivity index (χ2n) is 7.64. The molecule has 3 aromatic carbocycles. The van der Waals surface area contributed by atoms with E-state index in [1.54, 1.807) is 0 Å². The van der Waals surface area contributed by atoms with Crippen molar-refractivity contribution in [2.45, 2.75) is 27.2 Å². The first-order valence-electron chi connectivity index (χ1n) is 9.65. The van der Waals surface area contributed by atoms with Crippen LogP contribution in [-0.4, -0.2) is 9.97 Å². The number of benzene rings is 3. The quantitative estimate of drug-likeness (QED) is 0.415. The highest BCUT2D eigenvalue weighted by Gasteiger charge is 2.19. The second-order valence-corrected chi connectivity index (χ2v) is 7.64. The molecule has 0 aliphatic heterocycles. The predicted octanol–water partition coefficient (Wildman–Crippen LogP) is 5.68. The Kier molecular flexibility index (Phi) is 3.66. The SMILES string of the molecule is Cc1[nH]c2c(C)c3c([nH]c4ccccc43)c(C)c2c(=O)c1Cc1ccccc1. The summed E-state index contributed by atoms with van der Waals surface area (Å²) in [5, 5.41) is 3.20. The Hall–Kier alpha value is -3.33. The zero-order chi connectivity index (χ0) is 19.4. The van der Waals surface area contributed by atoms with Gasteiger partial charge in [0, 0.05) is 34.0 Å². The molecule has 0 aliphatic rings. The molecule has 0 saturated heterocycles. The van der Waals surface area contributed by atoms with E-state index in [1.165, 1.54) is 10.8 Å². The molecule has 0 aliphatic carbocycles. The summed E-state index contributed by atoms with van der Waals surface area (Å²) >= 11 is 0. The summed E-state index contributed by atoms with van der Waals surface area (Å²) < 4.78 is 0. The number of pyridine rings is 1. The Morgan fingerprint density at radius 1 is 0.750 bits per heavy atom. The number of nitrogens with one attached hydrogen (secondary N) is 2. The fourth-order valence-electron chi connectivity index (χ4n) is 4.47. The van der Waals surface area contributed by atoms with Crippen molar-refractivity contribution in [2.75, 3.05) is 0 Å². The summed E-state index contributed by atoms with van der Waals surface area (Å²) in [6.45, 7) is 6.17. The monoisotopic (exact) mass is 366 g/mol. The van der Waals surface area contributed by atoms with Crippen LogP contribution in [0.15, 0.2) is 59.4 Å². The molecule has 28 heavy (non-hydrogen) atoms. The minimum absolute atomic E-state index is 0.135. The Morgan fingerprint density at radius 3 is 2.18 bits per heavy atom. The van der Waals surface area contributed by atoms with Crippen LogP contribution in [0.4, 0.5) is 0 Å². The summed E-state index contributed by atoms with van der Waals surface area (Å²) in [5.74, 6) is 0. The van der Waals surface area contributed by atoms with E-state index in [0.29, 0.717) is 6.42 Å². The highest BCUT2D eigenvalue weighted by molar-refractivity contribution is 6.15. The van der Waals surface area contributed by atoms with Gasteiger partial charge >= 0.3 is 0 Å². The molecule has 0 unspecified atom stereocenters. The molecule has 5 rings (SSSR count). The zero-order valence-corrected chi connectivity index (χ0v) is 16.3. The van der Waals surface area contributed by atoms with Gasteiger partial charge in [-0.25, -0.2) is 0 Å². The molecular weight excluding hydrogens is 344 g/mol. The standard InChI is InChI=1S/C25H22N2O/c1-14-21-18-11-7-8-12-20(18)27-23(21)15(2)22-24(14)26-16(3)19(25(22)28)13-17-9-5-4-6-10-17/h4-12,27H,13H2,1-3H3,(H,26,28). The number of H-pyrrole nitrogens is 2. The van der Waals surface area contributed by atoms with Gasteiger partial charge in [0.25, 0.3) is 0 Å². The molecule has 2 N–H and O–H groups in total. The maximum atomic E-state index is 13.6. The van der Waals surface area contributed by atoms with Crippen LogP contribution in [0, 0.1) is 20.8 Å². The summed E-state index contributed by atoms with van der Waals surface area (Å²) in [7, 11) is 0. The van der Waals surface area contributed by atoms with Crippen molar-refractivity contribution in [2.24, 2.45) is 0 Å². The van der Waals surface area contributed by atoms with Gasteiger partial charge in [-0.3, -0.25) is 4.79 Å². The van der Waals surface area contributed by atoms with Crippen LogP contribution in [0.5, 0.6) is 0 Å². The number of fused-ring (bicyclic) bond motifs is 4. The first-order valence-corrected chi connectivity index (χ1v) is 9.65. The van der Waals surface area contributed by atoms with Gasteiger partial charge in [-0.2, -0.15) is 0 Å². The Balaban J connectivity index is 1.88. The molecule has 0 fully saturated rings. The van der Waals surface area contributed by atoms with Gasteiger partial charge in [0.15, 0.2) is 5.43 Å². The maximum Gasteiger partial charge on any atom is 0.193 e. The van der Waals surface area contributed by atoms with Crippen LogP contribution in [-0.2, 0) is 6.42 Å². The Bertz CT molecular complexity index is 1420. The van der Waals surface area contributed by atoms with E-state index in [2.05, 4.69) is 54.1 Å². The molecule has 0 amide bonds. The second kappa shape index (κ2) is 6.10. The minimum Gasteiger partial charge on any atom is -0.358 e. The third-order valence-electron chi connectivity index (χ3n) is 5.95. The Labute approximate surface area is 163 Å². The zero-order valence-electron chi connectivity index (χ0n) is 16.3. The van der Waals surface area contributed by atoms with Crippen LogP contribution < -0.4 is 5.43 Å². The number of aromatic amines is 2. The van der Waals surface area contributed by atoms with E-state index in [4.69, 9.17) is 0 Å². The van der Waals surface area contributed by atoms with Crippen molar-refractivity contribution >= 4 is 32.7 Å². The molecule has 0 atom stereocenters. The lowest BCUT2D eigenvalue weighted by molar-refractivity contribution is 1.08. The number of aromatic nitrogens is 2. The third kappa shape index (κ3) is 2.32. The third-order valence-corrected chi connectivity index (χ3v) is 5.95. The molecule has 2 aromatic heterocycles. The highest BCUT2D eigenvalue weighted by atomic mass is 16.1. The van der Waals surface area contributed by atoms with Crippen LogP contribution in [0.25, 0.3) is 32.7 Å². The van der Waals surface area contributed by atoms with Crippen molar-refractivity contribution in [3.8, 4) is 0 Å². The molecule has 0 saturated carbocycles. The van der Waals surface area contributed by atoms with E-state index >= 15 is 0 Å². The number of hydrogen-bond acceptors (Lipinski definition) is 1. The van der Waals surface area contributed by atoms with Gasteiger partial charge in [0.2, 0.25) is 0 Å². The average molecular weight is 366 g/mol. The lowest BCUT2D eigenvalue weighted by Gasteiger charge is -2.13. The van der Waals surface area contributed by atoms with Crippen molar-refractivity contribution < 1.29 is 0 Å². The average Bonchev–Trinajstić information content (AvgIpc) is 3.10. The first-order chi connectivity index (χ1) is 13.6. The molecule has 3 nitrogen and oxygen atoms in total. The highest BCUT2D eigenvalue weighted by Crippen LogP contribution is 2.35. The number of rotatable bonds is 2. The largest absolute Gasteiger partial charge is 0.358 e. The van der Waals surface area contributed by atoms with E-state index < -0.39 is 0 Å².